The first-order valence-corrected chi connectivity index (χ1v) is 11.8. The molecule has 0 aliphatic carbocycles. The van der Waals surface area contributed by atoms with Gasteiger partial charge in [-0.05, 0) is 57.5 Å². The Labute approximate surface area is 217 Å². The molecule has 0 saturated heterocycles. The molecule has 1 aromatic heterocycles. The number of benzene rings is 2. The van der Waals surface area contributed by atoms with Crippen molar-refractivity contribution in [2.75, 3.05) is 19.5 Å². The summed E-state index contributed by atoms with van der Waals surface area (Å²) in [7, 11) is 2.80. The molecule has 3 rings (SSSR count). The van der Waals surface area contributed by atoms with Crippen LogP contribution in [0.1, 0.15) is 64.4 Å². The van der Waals surface area contributed by atoms with E-state index in [1.807, 2.05) is 25.1 Å². The van der Waals surface area contributed by atoms with Gasteiger partial charge in [0, 0.05) is 23.7 Å². The SMILES string of the molecule is COC(=O)c1cccc(CC(C(=O)c2cccc(C)c2)c2ccc(OC)cc2NC(=O)OC(C)(C)C)n1. The lowest BCUT2D eigenvalue weighted by atomic mass is 9.85. The summed E-state index contributed by atoms with van der Waals surface area (Å²) in [4.78, 5) is 43.0. The Balaban J connectivity index is 2.10. The van der Waals surface area contributed by atoms with E-state index in [4.69, 9.17) is 14.2 Å². The van der Waals surface area contributed by atoms with E-state index >= 15 is 0 Å². The number of aryl methyl sites for hydroxylation is 1. The number of esters is 1. The third kappa shape index (κ3) is 7.39. The van der Waals surface area contributed by atoms with Gasteiger partial charge in [0.1, 0.15) is 17.0 Å². The smallest absolute Gasteiger partial charge is 0.412 e. The number of carbonyl (C=O) groups excluding carboxylic acids is 3. The molecule has 3 aromatic rings. The molecule has 2 aromatic carbocycles. The molecule has 0 aliphatic heterocycles. The van der Waals surface area contributed by atoms with Crippen LogP contribution in [-0.4, -0.2) is 42.7 Å². The van der Waals surface area contributed by atoms with Crippen molar-refractivity contribution in [3.8, 4) is 5.75 Å². The predicted octanol–water partition coefficient (Wildman–Crippen LogP) is 5.74. The van der Waals surface area contributed by atoms with Crippen LogP contribution in [0.25, 0.3) is 0 Å². The Morgan fingerprint density at radius 1 is 0.973 bits per heavy atom. The zero-order chi connectivity index (χ0) is 27.2. The predicted molar refractivity (Wildman–Crippen MR) is 140 cm³/mol. The third-order valence-electron chi connectivity index (χ3n) is 5.51. The summed E-state index contributed by atoms with van der Waals surface area (Å²) in [5.74, 6) is -0.966. The summed E-state index contributed by atoms with van der Waals surface area (Å²) < 4.78 is 15.6. The van der Waals surface area contributed by atoms with Gasteiger partial charge < -0.3 is 14.2 Å². The molecule has 8 heteroatoms. The Hall–Kier alpha value is -4.20. The van der Waals surface area contributed by atoms with E-state index in [1.54, 1.807) is 63.2 Å². The number of methoxy groups -OCH3 is 2. The minimum atomic E-state index is -0.738. The van der Waals surface area contributed by atoms with Crippen molar-refractivity contribution >= 4 is 23.5 Å². The number of carbonyl (C=O) groups is 3. The maximum absolute atomic E-state index is 13.9. The number of nitrogens with zero attached hydrogens (tertiary/aromatic N) is 1. The molecule has 0 saturated carbocycles. The highest BCUT2D eigenvalue weighted by Gasteiger charge is 2.28. The number of amides is 1. The number of ether oxygens (including phenoxy) is 3. The van der Waals surface area contributed by atoms with Gasteiger partial charge in [-0.2, -0.15) is 0 Å². The van der Waals surface area contributed by atoms with E-state index < -0.39 is 23.6 Å². The maximum Gasteiger partial charge on any atom is 0.412 e. The van der Waals surface area contributed by atoms with Gasteiger partial charge >= 0.3 is 12.1 Å². The van der Waals surface area contributed by atoms with Crippen LogP contribution in [0, 0.1) is 6.92 Å². The van der Waals surface area contributed by atoms with Crippen LogP contribution in [0.5, 0.6) is 5.75 Å². The Morgan fingerprint density at radius 3 is 2.35 bits per heavy atom. The molecule has 1 heterocycles. The monoisotopic (exact) mass is 504 g/mol. The quantitative estimate of drug-likeness (QED) is 0.308. The average Bonchev–Trinajstić information content (AvgIpc) is 2.85. The summed E-state index contributed by atoms with van der Waals surface area (Å²) in [6.07, 6.45) is -0.484. The fraction of sp³-hybridized carbons (Fsp3) is 0.310. The number of pyridine rings is 1. The molecule has 0 radical (unpaired) electrons. The zero-order valence-corrected chi connectivity index (χ0v) is 22.0. The first kappa shape index (κ1) is 27.4. The van der Waals surface area contributed by atoms with Gasteiger partial charge in [0.2, 0.25) is 0 Å². The highest BCUT2D eigenvalue weighted by atomic mass is 16.6. The molecule has 194 valence electrons. The van der Waals surface area contributed by atoms with Gasteiger partial charge in [-0.3, -0.25) is 10.1 Å². The third-order valence-corrected chi connectivity index (χ3v) is 5.51. The van der Waals surface area contributed by atoms with Gasteiger partial charge in [0.15, 0.2) is 5.78 Å². The van der Waals surface area contributed by atoms with Gasteiger partial charge in [-0.25, -0.2) is 14.6 Å². The Bertz CT molecular complexity index is 1300. The second kappa shape index (κ2) is 11.7. The van der Waals surface area contributed by atoms with E-state index in [2.05, 4.69) is 10.3 Å². The van der Waals surface area contributed by atoms with Crippen molar-refractivity contribution in [2.24, 2.45) is 0 Å². The molecule has 1 amide bonds. The number of hydrogen-bond donors (Lipinski definition) is 1. The molecular formula is C29H32N2O6. The molecule has 1 N–H and O–H groups in total. The van der Waals surface area contributed by atoms with E-state index in [9.17, 15) is 14.4 Å². The molecule has 0 aliphatic rings. The van der Waals surface area contributed by atoms with Crippen molar-refractivity contribution in [3.63, 3.8) is 0 Å². The summed E-state index contributed by atoms with van der Waals surface area (Å²) in [6, 6.07) is 17.4. The molecule has 1 atom stereocenters. The second-order valence-corrected chi connectivity index (χ2v) is 9.58. The van der Waals surface area contributed by atoms with Crippen LogP contribution in [0.3, 0.4) is 0 Å². The number of aromatic nitrogens is 1. The molecule has 0 bridgehead atoms. The van der Waals surface area contributed by atoms with Crippen LogP contribution < -0.4 is 10.1 Å². The Kier molecular flexibility index (Phi) is 8.65. The number of hydrogen-bond acceptors (Lipinski definition) is 7. The number of anilines is 1. The van der Waals surface area contributed by atoms with Gasteiger partial charge in [-0.1, -0.05) is 35.9 Å². The fourth-order valence-corrected chi connectivity index (χ4v) is 3.85. The van der Waals surface area contributed by atoms with Crippen LogP contribution in [0.4, 0.5) is 10.5 Å². The highest BCUT2D eigenvalue weighted by Crippen LogP contribution is 2.34. The Morgan fingerprint density at radius 2 is 1.70 bits per heavy atom. The normalized spacial score (nSPS) is 11.8. The highest BCUT2D eigenvalue weighted by molar-refractivity contribution is 6.02. The van der Waals surface area contributed by atoms with Gasteiger partial charge in [-0.15, -0.1) is 0 Å². The average molecular weight is 505 g/mol. The van der Waals surface area contributed by atoms with Gasteiger partial charge in [0.25, 0.3) is 0 Å². The van der Waals surface area contributed by atoms with Crippen molar-refractivity contribution in [3.05, 3.63) is 88.7 Å². The van der Waals surface area contributed by atoms with Crippen LogP contribution in [-0.2, 0) is 15.9 Å². The van der Waals surface area contributed by atoms with E-state index in [0.717, 1.165) is 5.56 Å². The number of Topliss-reactive ketones (excluding diaryl/α,β-unsaturated/α-hetero) is 1. The lowest BCUT2D eigenvalue weighted by molar-refractivity contribution is 0.0591. The van der Waals surface area contributed by atoms with Crippen LogP contribution >= 0.6 is 0 Å². The standard InChI is InChI=1S/C29H32N2O6/c1-18-9-7-10-19(15-18)26(32)23(16-20-11-8-12-24(30-20)27(33)36-6)22-14-13-21(35-5)17-25(22)31-28(34)37-29(2,3)4/h7-15,17,23H,16H2,1-6H3,(H,31,34). The molecule has 37 heavy (non-hydrogen) atoms. The first-order valence-electron chi connectivity index (χ1n) is 11.8. The summed E-state index contributed by atoms with van der Waals surface area (Å²) in [6.45, 7) is 7.21. The molecule has 0 fully saturated rings. The number of ketones is 1. The summed E-state index contributed by atoms with van der Waals surface area (Å²) in [5.41, 5.74) is 2.35. The molecule has 8 nitrogen and oxygen atoms in total. The molecule has 0 spiro atoms. The minimum Gasteiger partial charge on any atom is -0.497 e. The number of nitrogens with one attached hydrogen (secondary N) is 1. The summed E-state index contributed by atoms with van der Waals surface area (Å²) in [5, 5.41) is 2.78. The lowest BCUT2D eigenvalue weighted by Crippen LogP contribution is -2.28. The largest absolute Gasteiger partial charge is 0.497 e. The van der Waals surface area contributed by atoms with Gasteiger partial charge in [0.05, 0.1) is 25.8 Å². The second-order valence-electron chi connectivity index (χ2n) is 9.58. The summed E-state index contributed by atoms with van der Waals surface area (Å²) >= 11 is 0. The van der Waals surface area contributed by atoms with Crippen LogP contribution in [0.2, 0.25) is 0 Å². The van der Waals surface area contributed by atoms with Crippen molar-refractivity contribution < 1.29 is 28.6 Å². The minimum absolute atomic E-state index is 0.142. The van der Waals surface area contributed by atoms with Crippen molar-refractivity contribution in [2.45, 2.75) is 45.6 Å². The maximum atomic E-state index is 13.9. The molecular weight excluding hydrogens is 472 g/mol. The topological polar surface area (TPSA) is 104 Å². The zero-order valence-electron chi connectivity index (χ0n) is 22.0. The fourth-order valence-electron chi connectivity index (χ4n) is 3.85. The van der Waals surface area contributed by atoms with Crippen LogP contribution in [0.15, 0.2) is 60.7 Å². The first-order chi connectivity index (χ1) is 17.5. The van der Waals surface area contributed by atoms with E-state index in [1.165, 1.54) is 14.2 Å². The molecule has 1 unspecified atom stereocenters. The van der Waals surface area contributed by atoms with E-state index in [0.29, 0.717) is 28.3 Å². The van der Waals surface area contributed by atoms with Crippen molar-refractivity contribution in [1.82, 2.24) is 4.98 Å². The van der Waals surface area contributed by atoms with E-state index in [-0.39, 0.29) is 17.9 Å². The number of rotatable bonds is 8. The lowest BCUT2D eigenvalue weighted by Gasteiger charge is -2.23. The van der Waals surface area contributed by atoms with Crippen molar-refractivity contribution in [1.29, 1.82) is 0 Å².